The van der Waals surface area contributed by atoms with E-state index in [-0.39, 0.29) is 24.4 Å². The summed E-state index contributed by atoms with van der Waals surface area (Å²) >= 11 is 0. The second-order valence-corrected chi connectivity index (χ2v) is 5.00. The Balaban J connectivity index is 2.91. The molecule has 0 spiro atoms. The monoisotopic (exact) mass is 293 g/mol. The lowest BCUT2D eigenvalue weighted by molar-refractivity contribution is -0.122. The molecule has 0 fully saturated rings. The second-order valence-electron chi connectivity index (χ2n) is 5.00. The molecule has 0 saturated carbocycles. The van der Waals surface area contributed by atoms with E-state index in [4.69, 9.17) is 10.5 Å². The molecule has 1 rings (SSSR count). The number of rotatable bonds is 6. The van der Waals surface area contributed by atoms with E-state index in [9.17, 15) is 9.59 Å². The van der Waals surface area contributed by atoms with E-state index in [2.05, 4.69) is 5.32 Å². The van der Waals surface area contributed by atoms with Crippen LogP contribution >= 0.6 is 0 Å². The van der Waals surface area contributed by atoms with Crippen LogP contribution in [0.1, 0.15) is 31.1 Å². The number of nitrogens with zero attached hydrogens (tertiary/aromatic N) is 1. The van der Waals surface area contributed by atoms with Crippen LogP contribution < -0.4 is 15.8 Å². The normalized spacial score (nSPS) is 10.3. The first-order valence-corrected chi connectivity index (χ1v) is 6.91. The lowest BCUT2D eigenvalue weighted by atomic mass is 10.1. The van der Waals surface area contributed by atoms with Crippen LogP contribution in [0, 0.1) is 0 Å². The second kappa shape index (κ2) is 7.52. The fourth-order valence-electron chi connectivity index (χ4n) is 1.92. The molecule has 0 bridgehead atoms. The van der Waals surface area contributed by atoms with E-state index in [1.54, 1.807) is 18.2 Å². The summed E-state index contributed by atoms with van der Waals surface area (Å²) in [5, 5.41) is 2.77. The highest BCUT2D eigenvalue weighted by Crippen LogP contribution is 2.22. The molecule has 0 heterocycles. The Kier molecular flexibility index (Phi) is 6.02. The van der Waals surface area contributed by atoms with Gasteiger partial charge in [-0.15, -0.1) is 0 Å². The van der Waals surface area contributed by atoms with Crippen LogP contribution in [0.3, 0.4) is 0 Å². The first kappa shape index (κ1) is 16.8. The molecule has 0 aliphatic carbocycles. The average Bonchev–Trinajstić information content (AvgIpc) is 2.43. The van der Waals surface area contributed by atoms with Gasteiger partial charge in [-0.2, -0.15) is 0 Å². The van der Waals surface area contributed by atoms with Crippen molar-refractivity contribution in [2.45, 2.75) is 26.8 Å². The molecule has 0 aliphatic heterocycles. The maximum atomic E-state index is 12.5. The predicted octanol–water partition coefficient (Wildman–Crippen LogP) is 1.26. The topological polar surface area (TPSA) is 84.7 Å². The van der Waals surface area contributed by atoms with Gasteiger partial charge in [0.25, 0.3) is 5.91 Å². The molecule has 0 atom stereocenters. The minimum Gasteiger partial charge on any atom is -0.496 e. The van der Waals surface area contributed by atoms with E-state index in [0.717, 1.165) is 0 Å². The Labute approximate surface area is 125 Å². The van der Waals surface area contributed by atoms with Gasteiger partial charge >= 0.3 is 0 Å². The number of methoxy groups -OCH3 is 1. The number of benzene rings is 1. The van der Waals surface area contributed by atoms with Gasteiger partial charge in [-0.25, -0.2) is 0 Å². The predicted molar refractivity (Wildman–Crippen MR) is 82.3 cm³/mol. The molecule has 3 N–H and O–H groups in total. The van der Waals surface area contributed by atoms with E-state index in [1.165, 1.54) is 12.0 Å². The molecule has 0 unspecified atom stereocenters. The fraction of sp³-hybridized carbons (Fsp3) is 0.467. The maximum Gasteiger partial charge on any atom is 0.258 e. The van der Waals surface area contributed by atoms with Crippen molar-refractivity contribution >= 4 is 17.5 Å². The van der Waals surface area contributed by atoms with Gasteiger partial charge in [0.1, 0.15) is 5.75 Å². The van der Waals surface area contributed by atoms with Gasteiger partial charge in [-0.3, -0.25) is 9.59 Å². The Morgan fingerprint density at radius 2 is 2.05 bits per heavy atom. The number of carbonyl (C=O) groups is 2. The Morgan fingerprint density at radius 3 is 2.57 bits per heavy atom. The highest BCUT2D eigenvalue weighted by molar-refractivity contribution is 5.99. The van der Waals surface area contributed by atoms with Crippen LogP contribution in [0.15, 0.2) is 18.2 Å². The maximum absolute atomic E-state index is 12.5. The van der Waals surface area contributed by atoms with Crippen molar-refractivity contribution in [2.75, 3.05) is 25.9 Å². The highest BCUT2D eigenvalue weighted by Gasteiger charge is 2.21. The van der Waals surface area contributed by atoms with Gasteiger partial charge in [0, 0.05) is 24.3 Å². The van der Waals surface area contributed by atoms with Crippen LogP contribution in [0.2, 0.25) is 0 Å². The number of amides is 2. The number of nitrogens with one attached hydrogen (secondary N) is 1. The van der Waals surface area contributed by atoms with Crippen molar-refractivity contribution in [3.63, 3.8) is 0 Å². The largest absolute Gasteiger partial charge is 0.496 e. The zero-order valence-corrected chi connectivity index (χ0v) is 13.0. The van der Waals surface area contributed by atoms with Crippen molar-refractivity contribution in [1.82, 2.24) is 10.2 Å². The summed E-state index contributed by atoms with van der Waals surface area (Å²) < 4.78 is 5.18. The lowest BCUT2D eigenvalue weighted by Gasteiger charge is -2.22. The summed E-state index contributed by atoms with van der Waals surface area (Å²) in [6.45, 7) is 6.02. The Bertz CT molecular complexity index is 515. The number of anilines is 1. The van der Waals surface area contributed by atoms with Crippen LogP contribution in [0.25, 0.3) is 0 Å². The molecule has 0 aliphatic rings. The van der Waals surface area contributed by atoms with Gasteiger partial charge in [0.15, 0.2) is 0 Å². The third-order valence-corrected chi connectivity index (χ3v) is 2.91. The van der Waals surface area contributed by atoms with Crippen molar-refractivity contribution in [1.29, 1.82) is 0 Å². The number of carbonyl (C=O) groups excluding carboxylic acids is 2. The number of nitrogens with two attached hydrogens (primary N) is 1. The zero-order chi connectivity index (χ0) is 16.0. The van der Waals surface area contributed by atoms with Crippen molar-refractivity contribution in [2.24, 2.45) is 0 Å². The van der Waals surface area contributed by atoms with Crippen LogP contribution in [-0.4, -0.2) is 43.0 Å². The first-order chi connectivity index (χ1) is 9.88. The molecule has 0 saturated heterocycles. The molecule has 6 heteroatoms. The fourth-order valence-corrected chi connectivity index (χ4v) is 1.92. The van der Waals surface area contributed by atoms with Gasteiger partial charge in [0.2, 0.25) is 5.91 Å². The van der Waals surface area contributed by atoms with Crippen molar-refractivity contribution < 1.29 is 14.3 Å². The first-order valence-electron chi connectivity index (χ1n) is 6.91. The molecule has 2 amide bonds. The van der Waals surface area contributed by atoms with Gasteiger partial charge in [-0.05, 0) is 32.9 Å². The average molecular weight is 293 g/mol. The Hall–Kier alpha value is -2.24. The lowest BCUT2D eigenvalue weighted by Crippen LogP contribution is -2.42. The smallest absolute Gasteiger partial charge is 0.258 e. The zero-order valence-electron chi connectivity index (χ0n) is 13.0. The number of hydrogen-bond donors (Lipinski definition) is 2. The van der Waals surface area contributed by atoms with E-state index < -0.39 is 0 Å². The molecule has 1 aromatic carbocycles. The van der Waals surface area contributed by atoms with Crippen LogP contribution in [-0.2, 0) is 4.79 Å². The van der Waals surface area contributed by atoms with Crippen molar-refractivity contribution in [3.8, 4) is 5.75 Å². The molecule has 0 aromatic heterocycles. The summed E-state index contributed by atoms with van der Waals surface area (Å²) in [4.78, 5) is 25.8. The summed E-state index contributed by atoms with van der Waals surface area (Å²) in [5.74, 6) is -0.0365. The SMILES string of the molecule is CCN(CC(=O)NC(C)C)C(=O)c1ccc(N)cc1OC. The van der Waals surface area contributed by atoms with Gasteiger partial charge < -0.3 is 20.7 Å². The number of ether oxygens (including phenoxy) is 1. The molecular formula is C15H23N3O3. The molecule has 0 radical (unpaired) electrons. The van der Waals surface area contributed by atoms with Crippen LogP contribution in [0.4, 0.5) is 5.69 Å². The van der Waals surface area contributed by atoms with Gasteiger partial charge in [-0.1, -0.05) is 0 Å². The standard InChI is InChI=1S/C15H23N3O3/c1-5-18(9-14(19)17-10(2)3)15(20)12-7-6-11(16)8-13(12)21-4/h6-8,10H,5,9,16H2,1-4H3,(H,17,19). The number of hydrogen-bond acceptors (Lipinski definition) is 4. The van der Waals surface area contributed by atoms with E-state index in [1.807, 2.05) is 20.8 Å². The molecule has 1 aromatic rings. The van der Waals surface area contributed by atoms with Crippen LogP contribution in [0.5, 0.6) is 5.75 Å². The molecule has 116 valence electrons. The molecular weight excluding hydrogens is 270 g/mol. The van der Waals surface area contributed by atoms with E-state index >= 15 is 0 Å². The summed E-state index contributed by atoms with van der Waals surface area (Å²) in [7, 11) is 1.48. The third-order valence-electron chi connectivity index (χ3n) is 2.91. The quantitative estimate of drug-likeness (QED) is 0.773. The van der Waals surface area contributed by atoms with Gasteiger partial charge in [0.05, 0.1) is 19.2 Å². The minimum atomic E-state index is -0.256. The number of likely N-dealkylation sites (N-methyl/N-ethyl adjacent to an activating group) is 1. The third kappa shape index (κ3) is 4.66. The minimum absolute atomic E-state index is 0.0149. The summed E-state index contributed by atoms with van der Waals surface area (Å²) in [6.07, 6.45) is 0. The number of nitrogen functional groups attached to an aromatic ring is 1. The summed E-state index contributed by atoms with van der Waals surface area (Å²) in [5.41, 5.74) is 6.59. The summed E-state index contributed by atoms with van der Waals surface area (Å²) in [6, 6.07) is 4.88. The molecule has 21 heavy (non-hydrogen) atoms. The van der Waals surface area contributed by atoms with Crippen molar-refractivity contribution in [3.05, 3.63) is 23.8 Å². The van der Waals surface area contributed by atoms with E-state index in [0.29, 0.717) is 23.5 Å². The highest BCUT2D eigenvalue weighted by atomic mass is 16.5. The molecule has 6 nitrogen and oxygen atoms in total. The Morgan fingerprint density at radius 1 is 1.38 bits per heavy atom.